The molecule has 3 amide bonds. The number of nitrogens with zero attached hydrogens (tertiary/aromatic N) is 4. The number of benzene rings is 7. The van der Waals surface area contributed by atoms with Crippen molar-refractivity contribution in [2.24, 2.45) is 5.16 Å². The van der Waals surface area contributed by atoms with E-state index in [0.29, 0.717) is 62.4 Å². The van der Waals surface area contributed by atoms with E-state index >= 15 is 0 Å². The van der Waals surface area contributed by atoms with Gasteiger partial charge in [-0.25, -0.2) is 38.0 Å². The minimum Gasteiger partial charge on any atom is -0.478 e. The topological polar surface area (TPSA) is 332 Å². The summed E-state index contributed by atoms with van der Waals surface area (Å²) >= 11 is 9.19. The molecular weight excluding hydrogens is 1980 g/mol. The fraction of sp³-hybridized carbons (Fsp3) is 0.487. The number of ketones is 3. The number of fused-ring (bicyclic) bond motifs is 3. The molecule has 798 valence electrons. The number of carboxylic acid groups (broad SMARTS) is 1. The van der Waals surface area contributed by atoms with Gasteiger partial charge in [-0.3, -0.25) is 14.4 Å². The van der Waals surface area contributed by atoms with E-state index in [0.717, 1.165) is 113 Å². The minimum atomic E-state index is -1.12. The number of ether oxygens (including phenoxy) is 6. The monoisotopic (exact) mass is 2130 g/mol. The van der Waals surface area contributed by atoms with Crippen LogP contribution in [0.1, 0.15) is 316 Å². The van der Waals surface area contributed by atoms with Gasteiger partial charge in [-0.15, -0.1) is 12.4 Å². The summed E-state index contributed by atoms with van der Waals surface area (Å²) in [5.74, 6) is -2.53. The second kappa shape index (κ2) is 51.8. The Labute approximate surface area is 888 Å². The van der Waals surface area contributed by atoms with Crippen LogP contribution in [-0.2, 0) is 100 Å². The lowest BCUT2D eigenvalue weighted by molar-refractivity contribution is -0.148. The van der Waals surface area contributed by atoms with Crippen LogP contribution >= 0.6 is 39.9 Å². The number of halogens is 4. The molecule has 0 saturated carbocycles. The average Bonchev–Trinajstić information content (AvgIpc) is 1.44. The summed E-state index contributed by atoms with van der Waals surface area (Å²) in [5.41, 5.74) is 13.2. The largest absolute Gasteiger partial charge is 0.490 e. The summed E-state index contributed by atoms with van der Waals surface area (Å²) in [7, 11) is -0.314. The lowest BCUT2D eigenvalue weighted by Gasteiger charge is -2.32. The maximum Gasteiger partial charge on any atom is 0.490 e. The Morgan fingerprint density at radius 2 is 0.748 bits per heavy atom. The van der Waals surface area contributed by atoms with Crippen LogP contribution in [0.4, 0.5) is 18.8 Å². The average molecular weight is 2130 g/mol. The highest BCUT2D eigenvalue weighted by molar-refractivity contribution is 9.10. The van der Waals surface area contributed by atoms with Crippen LogP contribution < -0.4 is 16.0 Å². The second-order valence-electron chi connectivity index (χ2n) is 43.6. The summed E-state index contributed by atoms with van der Waals surface area (Å²) in [6, 6.07) is 42.9. The minimum absolute atomic E-state index is 0. The summed E-state index contributed by atoms with van der Waals surface area (Å²) in [4.78, 5) is 134. The van der Waals surface area contributed by atoms with Crippen molar-refractivity contribution in [3.05, 3.63) is 268 Å². The normalized spacial score (nSPS) is 18.1. The number of amides is 3. The predicted octanol–water partition coefficient (Wildman–Crippen LogP) is 23.3. The van der Waals surface area contributed by atoms with Crippen LogP contribution in [0.25, 0.3) is 11.1 Å². The summed E-state index contributed by atoms with van der Waals surface area (Å²) in [5, 5.41) is 22.4. The van der Waals surface area contributed by atoms with Gasteiger partial charge in [0.25, 0.3) is 0 Å². The number of Topliss-reactive ketones (excluding diaryl/α,β-unsaturated/α-hetero) is 3. The van der Waals surface area contributed by atoms with Crippen molar-refractivity contribution in [3.63, 3.8) is 0 Å². The molecule has 1 saturated heterocycles. The van der Waals surface area contributed by atoms with Crippen LogP contribution in [0.15, 0.2) is 179 Å². The molecule has 0 aromatic heterocycles. The third-order valence-electron chi connectivity index (χ3n) is 24.6. The van der Waals surface area contributed by atoms with Crippen molar-refractivity contribution in [1.82, 2.24) is 30.7 Å². The highest BCUT2D eigenvalue weighted by Gasteiger charge is 2.53. The van der Waals surface area contributed by atoms with Crippen molar-refractivity contribution >= 4 is 123 Å². The molecule has 4 N–H and O–H groups in total. The van der Waals surface area contributed by atoms with Crippen molar-refractivity contribution < 1.29 is 100 Å². The zero-order valence-corrected chi connectivity index (χ0v) is 90.1. The molecule has 8 heterocycles. The highest BCUT2D eigenvalue weighted by atomic mass is 79.9. The molecule has 8 aliphatic heterocycles. The smallest absolute Gasteiger partial charge is 0.478 e. The number of aliphatic carboxylic acids is 1. The summed E-state index contributed by atoms with van der Waals surface area (Å²) in [6.45, 7) is 47.2. The van der Waals surface area contributed by atoms with Crippen molar-refractivity contribution in [3.8, 4) is 0 Å². The lowest BCUT2D eigenvalue weighted by Crippen LogP contribution is -2.41. The molecule has 0 aliphatic carbocycles. The van der Waals surface area contributed by atoms with Crippen molar-refractivity contribution in [2.45, 2.75) is 308 Å². The van der Waals surface area contributed by atoms with Gasteiger partial charge in [0.2, 0.25) is 6.10 Å². The number of rotatable bonds is 17. The van der Waals surface area contributed by atoms with Gasteiger partial charge >= 0.3 is 49.3 Å². The standard InChI is InChI=1S/2C32H40N2O5.C22H24BrNO3.C16H28BNO4.C10H7ClFNO3.3CH4.ClH/c2*1-31(2,3)38-29(36)23-12-10-21(11-13-23)20-27(35)28-26-9-7-8-24(25(26)14-17-33-28)22-15-18-34(19-16-22)30(37)39-32(4,5)6;1-22(2,3)27-21(26)15-9-7-14(8-10-15)13-19(25)20-17-5-4-6-18(23)16(17)11-12-24-20;1-14(2,3)20-13(19)18-10-8-12(9-11-18)17-21-15(4,5)16(6,7)22-17;11-6-3-1-2-5(9(6)12)7-4-8(10(14)15)16-13-7;;;;/h2*7-13,15,28,33H,14,16-20H2,1-6H3;4-10,20,24H,11-13H2,1-3H3;8H,9-11H2,1-7H3;1-3,8H,4H2,(H,14,15);3*1H4;1H/t28-;;;;8-;;;;/m0...1..../s1. The molecular formula is C115H152BBrCl2FN7O20. The number of esters is 3. The maximum absolute atomic E-state index is 13.6. The van der Waals surface area contributed by atoms with Crippen LogP contribution in [0.3, 0.4) is 0 Å². The number of hydrogen-bond acceptors (Lipinski definition) is 23. The zero-order chi connectivity index (χ0) is 105. The Morgan fingerprint density at radius 3 is 1.06 bits per heavy atom. The van der Waals surface area contributed by atoms with Gasteiger partial charge in [-0.2, -0.15) is 0 Å². The van der Waals surface area contributed by atoms with E-state index in [-0.39, 0.29) is 160 Å². The number of hydrogen-bond donors (Lipinski definition) is 4. The van der Waals surface area contributed by atoms with Crippen LogP contribution in [0.2, 0.25) is 5.02 Å². The molecule has 15 rings (SSSR count). The van der Waals surface area contributed by atoms with Gasteiger partial charge in [-0.05, 0) is 323 Å². The van der Waals surface area contributed by atoms with Gasteiger partial charge in [0.1, 0.15) is 33.6 Å². The Balaban J connectivity index is 0.000000255. The zero-order valence-electron chi connectivity index (χ0n) is 86.9. The molecule has 0 bridgehead atoms. The number of carbonyl (C=O) groups excluding carboxylic acids is 9. The first-order chi connectivity index (χ1) is 66.9. The second-order valence-corrected chi connectivity index (χ2v) is 44.9. The quantitative estimate of drug-likeness (QED) is 0.0374. The van der Waals surface area contributed by atoms with E-state index < -0.39 is 51.5 Å². The fourth-order valence-corrected chi connectivity index (χ4v) is 17.8. The first-order valence-corrected chi connectivity index (χ1v) is 50.1. The molecule has 7 aromatic rings. The van der Waals surface area contributed by atoms with Gasteiger partial charge < -0.3 is 78.3 Å². The number of oxime groups is 1. The molecule has 32 heteroatoms. The highest BCUT2D eigenvalue weighted by Crippen LogP contribution is 2.42. The Kier molecular flexibility index (Phi) is 43.2. The van der Waals surface area contributed by atoms with E-state index in [1.165, 1.54) is 40.0 Å². The van der Waals surface area contributed by atoms with Gasteiger partial charge in [0.05, 0.1) is 56.8 Å². The maximum atomic E-state index is 13.6. The van der Waals surface area contributed by atoms with E-state index in [9.17, 15) is 52.3 Å². The van der Waals surface area contributed by atoms with Gasteiger partial charge in [0.15, 0.2) is 23.2 Å². The lowest BCUT2D eigenvalue weighted by atomic mass is 9.75. The molecule has 7 aromatic carbocycles. The molecule has 1 fully saturated rings. The van der Waals surface area contributed by atoms with E-state index in [4.69, 9.17) is 54.4 Å². The van der Waals surface area contributed by atoms with E-state index in [1.807, 2.05) is 237 Å². The fourth-order valence-electron chi connectivity index (χ4n) is 17.0. The number of carboxylic acids is 1. The first-order valence-electron chi connectivity index (χ1n) is 48.9. The molecule has 8 aliphatic rings. The van der Waals surface area contributed by atoms with E-state index in [2.05, 4.69) is 66.2 Å². The summed E-state index contributed by atoms with van der Waals surface area (Å²) < 4.78 is 59.4. The number of carbonyl (C=O) groups is 10. The Bertz CT molecular complexity index is 5750. The third kappa shape index (κ3) is 34.9. The van der Waals surface area contributed by atoms with E-state index in [1.54, 1.807) is 57.2 Å². The van der Waals surface area contributed by atoms with Crippen molar-refractivity contribution in [2.75, 3.05) is 58.9 Å². The molecule has 4 atom stereocenters. The predicted molar refractivity (Wildman–Crippen MR) is 581 cm³/mol. The molecule has 0 spiro atoms. The molecule has 147 heavy (non-hydrogen) atoms. The van der Waals surface area contributed by atoms with Crippen LogP contribution in [0.5, 0.6) is 0 Å². The van der Waals surface area contributed by atoms with Gasteiger partial charge in [-0.1, -0.05) is 164 Å². The molecule has 27 nitrogen and oxygen atoms in total. The first kappa shape index (κ1) is 123. The van der Waals surface area contributed by atoms with Crippen molar-refractivity contribution in [1.29, 1.82) is 0 Å². The Hall–Kier alpha value is -11.2. The third-order valence-corrected chi connectivity index (χ3v) is 25.7. The Morgan fingerprint density at radius 1 is 0.435 bits per heavy atom. The summed E-state index contributed by atoms with van der Waals surface area (Å²) in [6.07, 6.45) is 10.0. The molecule has 2 unspecified atom stereocenters. The molecule has 0 radical (unpaired) electrons. The SMILES string of the molecule is C.C.C.CC(C)(C)OC(=O)N1CC=C(B2OC(C)(C)C(C)(C)O2)CC1.CC(C)(C)OC(=O)c1ccc(CC(=O)C2NCCc3c(Br)cccc32)cc1.CC(C)(C)OC(=O)c1ccc(CC(=O)C2NCCc3c(C4=CCN(C(=O)OC(C)(C)C)CC4)cccc32)cc1.CC(C)(C)OC(=O)c1ccc(CC(=O)[C@H]2NCCc3c(C4=CCN(C(=O)OC(C)(C)C)CC4)cccc32)cc1.Cl.O=C(O)[C@H]1CC(c2cccc(Cl)c2F)=NO1. The van der Waals surface area contributed by atoms with Gasteiger partial charge in [0, 0.05) is 94.6 Å². The van der Waals surface area contributed by atoms with Crippen LogP contribution in [-0.4, -0.2) is 202 Å². The van der Waals surface area contributed by atoms with Crippen LogP contribution in [0, 0.1) is 5.82 Å². The number of nitrogens with one attached hydrogen (secondary N) is 3.